The van der Waals surface area contributed by atoms with E-state index in [1.807, 2.05) is 89.4 Å². The largest absolute Gasteiger partial charge is 0.444 e. The summed E-state index contributed by atoms with van der Waals surface area (Å²) in [5.74, 6) is -0.0161. The Kier molecular flexibility index (Phi) is 10.8. The van der Waals surface area contributed by atoms with Crippen LogP contribution in [0.3, 0.4) is 0 Å². The molecule has 3 amide bonds. The van der Waals surface area contributed by atoms with Gasteiger partial charge in [-0.2, -0.15) is 11.8 Å². The van der Waals surface area contributed by atoms with E-state index >= 15 is 0 Å². The number of aryl methyl sites for hydroxylation is 2. The van der Waals surface area contributed by atoms with Crippen molar-refractivity contribution in [3.8, 4) is 0 Å². The monoisotopic (exact) mass is 541 g/mol. The number of amides is 3. The van der Waals surface area contributed by atoms with Gasteiger partial charge in [0.25, 0.3) is 5.91 Å². The Morgan fingerprint density at radius 1 is 0.921 bits per heavy atom. The van der Waals surface area contributed by atoms with Crippen LogP contribution in [0, 0.1) is 13.8 Å². The van der Waals surface area contributed by atoms with Crippen LogP contribution in [0.4, 0.5) is 10.5 Å². The van der Waals surface area contributed by atoms with Crippen LogP contribution in [0.5, 0.6) is 0 Å². The molecule has 0 radical (unpaired) electrons. The summed E-state index contributed by atoms with van der Waals surface area (Å²) in [6.07, 6.45) is 1.68. The number of carbonyl (C=O) groups excluding carboxylic acids is 3. The fourth-order valence-corrected chi connectivity index (χ4v) is 4.63. The van der Waals surface area contributed by atoms with Gasteiger partial charge in [0.05, 0.1) is 0 Å². The number of hydrogen-bond donors (Lipinski definition) is 2. The van der Waals surface area contributed by atoms with E-state index < -0.39 is 29.3 Å². The van der Waals surface area contributed by atoms with E-state index in [9.17, 15) is 14.4 Å². The van der Waals surface area contributed by atoms with E-state index in [0.717, 1.165) is 16.7 Å². The van der Waals surface area contributed by atoms with Crippen molar-refractivity contribution >= 4 is 35.4 Å². The number of nitrogens with zero attached hydrogens (tertiary/aromatic N) is 1. The number of ether oxygens (including phenoxy) is 1. The molecule has 208 valence electrons. The van der Waals surface area contributed by atoms with Gasteiger partial charge in [-0.3, -0.25) is 9.59 Å². The summed E-state index contributed by atoms with van der Waals surface area (Å²) < 4.78 is 5.46. The van der Waals surface area contributed by atoms with E-state index in [1.54, 1.807) is 37.4 Å². The molecule has 0 spiro atoms. The summed E-state index contributed by atoms with van der Waals surface area (Å²) >= 11 is 1.58. The predicted octanol–water partition coefficient (Wildman–Crippen LogP) is 6.26. The van der Waals surface area contributed by atoms with Gasteiger partial charge in [0.2, 0.25) is 5.91 Å². The van der Waals surface area contributed by atoms with Gasteiger partial charge in [-0.15, -0.1) is 0 Å². The highest BCUT2D eigenvalue weighted by atomic mass is 32.2. The average Bonchev–Trinajstić information content (AvgIpc) is 2.79. The number of thioether (sulfide) groups is 1. The molecule has 2 aromatic carbocycles. The number of alkyl carbamates (subject to hydrolysis) is 1. The van der Waals surface area contributed by atoms with Crippen LogP contribution in [-0.4, -0.2) is 52.0 Å². The van der Waals surface area contributed by atoms with Crippen LogP contribution in [0.25, 0.3) is 0 Å². The molecule has 2 N–H and O–H groups in total. The quantitative estimate of drug-likeness (QED) is 0.391. The number of anilines is 1. The normalized spacial score (nSPS) is 13.3. The van der Waals surface area contributed by atoms with Crippen molar-refractivity contribution in [3.63, 3.8) is 0 Å². The van der Waals surface area contributed by atoms with Crippen molar-refractivity contribution < 1.29 is 19.1 Å². The van der Waals surface area contributed by atoms with Crippen LogP contribution < -0.4 is 10.6 Å². The number of rotatable bonds is 9. The molecule has 7 nitrogen and oxygen atoms in total. The molecule has 2 aromatic rings. The molecule has 2 atom stereocenters. The minimum absolute atomic E-state index is 0.322. The van der Waals surface area contributed by atoms with Gasteiger partial charge in [-0.05, 0) is 96.6 Å². The Morgan fingerprint density at radius 2 is 1.50 bits per heavy atom. The van der Waals surface area contributed by atoms with Gasteiger partial charge in [-0.25, -0.2) is 4.79 Å². The number of para-hydroxylation sites is 1. The third kappa shape index (κ3) is 8.79. The van der Waals surface area contributed by atoms with E-state index in [0.29, 0.717) is 17.9 Å². The van der Waals surface area contributed by atoms with Crippen molar-refractivity contribution in [1.29, 1.82) is 0 Å². The Labute approximate surface area is 232 Å². The van der Waals surface area contributed by atoms with Crippen LogP contribution in [0.15, 0.2) is 48.5 Å². The van der Waals surface area contributed by atoms with Crippen LogP contribution >= 0.6 is 11.8 Å². The van der Waals surface area contributed by atoms with Crippen molar-refractivity contribution in [3.05, 3.63) is 65.2 Å². The fraction of sp³-hybridized carbons (Fsp3) is 0.500. The zero-order valence-electron chi connectivity index (χ0n) is 24.2. The Balaban J connectivity index is 2.59. The molecule has 0 bridgehead atoms. The van der Waals surface area contributed by atoms with Gasteiger partial charge in [-0.1, -0.05) is 42.5 Å². The SMILES string of the molecule is CSCCC(NC(=O)OC(C)(C)C)C(=O)N(C(C(=O)Nc1ccccc1C)c1ccccc1C)C(C)(C)C. The maximum absolute atomic E-state index is 14.3. The second-order valence-corrected chi connectivity index (χ2v) is 12.4. The first-order valence-electron chi connectivity index (χ1n) is 12.9. The molecule has 0 aliphatic rings. The molecule has 0 fully saturated rings. The number of hydrogen-bond acceptors (Lipinski definition) is 5. The molecule has 38 heavy (non-hydrogen) atoms. The second-order valence-electron chi connectivity index (χ2n) is 11.4. The molecular weight excluding hydrogens is 498 g/mol. The van der Waals surface area contributed by atoms with Crippen LogP contribution in [0.1, 0.15) is 70.7 Å². The standard InChI is InChI=1S/C30H43N3O4S/c1-20-14-10-12-16-22(20)25(26(34)31-23-17-13-11-15-21(23)2)33(29(3,4)5)27(35)24(18-19-38-9)32-28(36)37-30(6,7)8/h10-17,24-25H,18-19H2,1-9H3,(H,31,34)(H,32,36). The summed E-state index contributed by atoms with van der Waals surface area (Å²) in [6.45, 7) is 14.9. The van der Waals surface area contributed by atoms with Crippen molar-refractivity contribution in [2.45, 2.75) is 85.0 Å². The van der Waals surface area contributed by atoms with Crippen molar-refractivity contribution in [1.82, 2.24) is 10.2 Å². The van der Waals surface area contributed by atoms with Crippen molar-refractivity contribution in [2.75, 3.05) is 17.3 Å². The summed E-state index contributed by atoms with van der Waals surface area (Å²) in [5.41, 5.74) is 1.76. The highest BCUT2D eigenvalue weighted by Gasteiger charge is 2.42. The van der Waals surface area contributed by atoms with Gasteiger partial charge in [0, 0.05) is 11.2 Å². The summed E-state index contributed by atoms with van der Waals surface area (Å²) in [4.78, 5) is 42.7. The van der Waals surface area contributed by atoms with E-state index in [4.69, 9.17) is 4.74 Å². The molecule has 0 heterocycles. The second kappa shape index (κ2) is 13.2. The molecule has 2 unspecified atom stereocenters. The zero-order chi connectivity index (χ0) is 28.7. The average molecular weight is 542 g/mol. The third-order valence-corrected chi connectivity index (χ3v) is 6.60. The summed E-state index contributed by atoms with van der Waals surface area (Å²) in [7, 11) is 0. The lowest BCUT2D eigenvalue weighted by atomic mass is 9.92. The third-order valence-electron chi connectivity index (χ3n) is 5.95. The van der Waals surface area contributed by atoms with Gasteiger partial charge in [0.1, 0.15) is 17.7 Å². The topological polar surface area (TPSA) is 87.7 Å². The first-order valence-corrected chi connectivity index (χ1v) is 14.3. The number of carbonyl (C=O) groups is 3. The molecule has 8 heteroatoms. The van der Waals surface area contributed by atoms with E-state index in [2.05, 4.69) is 10.6 Å². The minimum atomic E-state index is -0.930. The lowest BCUT2D eigenvalue weighted by Gasteiger charge is -2.43. The first kappa shape index (κ1) is 31.2. The molecule has 0 aromatic heterocycles. The zero-order valence-corrected chi connectivity index (χ0v) is 25.0. The summed E-state index contributed by atoms with van der Waals surface area (Å²) in [5, 5.41) is 5.83. The van der Waals surface area contributed by atoms with Crippen molar-refractivity contribution in [2.24, 2.45) is 0 Å². The molecular formula is C30H43N3O4S. The Morgan fingerprint density at radius 3 is 2.03 bits per heavy atom. The molecule has 2 rings (SSSR count). The Hall–Kier alpha value is -3.00. The molecule has 0 aliphatic carbocycles. The first-order chi connectivity index (χ1) is 17.7. The van der Waals surface area contributed by atoms with Crippen LogP contribution in [-0.2, 0) is 14.3 Å². The predicted molar refractivity (Wildman–Crippen MR) is 156 cm³/mol. The number of nitrogens with one attached hydrogen (secondary N) is 2. The van der Waals surface area contributed by atoms with E-state index in [-0.39, 0.29) is 11.8 Å². The Bertz CT molecular complexity index is 1120. The maximum atomic E-state index is 14.3. The highest BCUT2D eigenvalue weighted by molar-refractivity contribution is 7.98. The molecule has 0 aliphatic heterocycles. The molecule has 0 saturated carbocycles. The van der Waals surface area contributed by atoms with Gasteiger partial charge < -0.3 is 20.3 Å². The fourth-order valence-electron chi connectivity index (χ4n) is 4.16. The van der Waals surface area contributed by atoms with Gasteiger partial charge >= 0.3 is 6.09 Å². The molecule has 0 saturated heterocycles. The smallest absolute Gasteiger partial charge is 0.408 e. The lowest BCUT2D eigenvalue weighted by molar-refractivity contribution is -0.146. The number of benzene rings is 2. The minimum Gasteiger partial charge on any atom is -0.444 e. The maximum Gasteiger partial charge on any atom is 0.408 e. The van der Waals surface area contributed by atoms with Gasteiger partial charge in [0.15, 0.2) is 0 Å². The summed E-state index contributed by atoms with van der Waals surface area (Å²) in [6, 6.07) is 13.3. The van der Waals surface area contributed by atoms with E-state index in [1.165, 1.54) is 0 Å². The highest BCUT2D eigenvalue weighted by Crippen LogP contribution is 2.33. The lowest BCUT2D eigenvalue weighted by Crippen LogP contribution is -2.58. The van der Waals surface area contributed by atoms with Crippen LogP contribution in [0.2, 0.25) is 0 Å².